The molecule has 0 spiro atoms. The van der Waals surface area contributed by atoms with Crippen LogP contribution in [-0.2, 0) is 6.42 Å². The molecule has 1 aliphatic rings. The molecule has 2 N–H and O–H groups in total. The molecule has 0 radical (unpaired) electrons. The third-order valence-corrected chi connectivity index (χ3v) is 2.05. The van der Waals surface area contributed by atoms with E-state index in [4.69, 9.17) is 5.11 Å². The van der Waals surface area contributed by atoms with Gasteiger partial charge < -0.3 is 10.4 Å². The fraction of sp³-hybridized carbons (Fsp3) is 0.300. The highest BCUT2D eigenvalue weighted by Gasteiger charge is 2.05. The van der Waals surface area contributed by atoms with Gasteiger partial charge >= 0.3 is 0 Å². The maximum Gasteiger partial charge on any atom is 0.115 e. The normalized spacial score (nSPS) is 15.2. The molecule has 0 aliphatic carbocycles. The van der Waals surface area contributed by atoms with Crippen LogP contribution in [0, 0.1) is 0 Å². The lowest BCUT2D eigenvalue weighted by Crippen LogP contribution is -2.20. The zero-order valence-corrected chi connectivity index (χ0v) is 7.33. The van der Waals surface area contributed by atoms with E-state index in [1.54, 1.807) is 12.1 Å². The first-order chi connectivity index (χ1) is 6.34. The van der Waals surface area contributed by atoms with Gasteiger partial charge in [-0.25, -0.2) is 0 Å². The number of rotatable bonds is 2. The lowest BCUT2D eigenvalue weighted by molar-refractivity contribution is 0.475. The Morgan fingerprint density at radius 1 is 1.31 bits per heavy atom. The van der Waals surface area contributed by atoms with Crippen LogP contribution in [0.4, 0.5) is 0 Å². The van der Waals surface area contributed by atoms with Crippen molar-refractivity contribution >= 4 is 5.84 Å². The average molecular weight is 176 g/mol. The van der Waals surface area contributed by atoms with Gasteiger partial charge in [-0.3, -0.25) is 4.99 Å². The number of hydrogen-bond acceptors (Lipinski definition) is 3. The number of aromatic hydroxyl groups is 1. The molecule has 0 bridgehead atoms. The first-order valence-corrected chi connectivity index (χ1v) is 4.40. The average Bonchev–Trinajstić information content (AvgIpc) is 2.62. The summed E-state index contributed by atoms with van der Waals surface area (Å²) in [5.74, 6) is 1.36. The number of nitrogens with one attached hydrogen (secondary N) is 1. The lowest BCUT2D eigenvalue weighted by atomic mass is 10.1. The predicted octanol–water partition coefficient (Wildman–Crippen LogP) is 0.936. The second-order valence-corrected chi connectivity index (χ2v) is 3.10. The van der Waals surface area contributed by atoms with Gasteiger partial charge in [0.1, 0.15) is 11.6 Å². The van der Waals surface area contributed by atoms with Crippen molar-refractivity contribution in [1.29, 1.82) is 0 Å². The summed E-state index contributed by atoms with van der Waals surface area (Å²) in [4.78, 5) is 4.30. The highest BCUT2D eigenvalue weighted by atomic mass is 16.3. The molecule has 0 saturated carbocycles. The van der Waals surface area contributed by atoms with Crippen LogP contribution in [0.5, 0.6) is 5.75 Å². The number of nitrogens with zero attached hydrogens (tertiary/aromatic N) is 1. The fourth-order valence-corrected chi connectivity index (χ4v) is 1.37. The molecule has 0 amide bonds. The van der Waals surface area contributed by atoms with Gasteiger partial charge in [0.2, 0.25) is 0 Å². The number of amidine groups is 1. The second-order valence-electron chi connectivity index (χ2n) is 3.10. The predicted molar refractivity (Wildman–Crippen MR) is 52.1 cm³/mol. The monoisotopic (exact) mass is 176 g/mol. The lowest BCUT2D eigenvalue weighted by Gasteiger charge is -2.02. The largest absolute Gasteiger partial charge is 0.508 e. The summed E-state index contributed by atoms with van der Waals surface area (Å²) in [6.07, 6.45) is 0.834. The molecule has 3 nitrogen and oxygen atoms in total. The molecule has 2 rings (SSSR count). The third kappa shape index (κ3) is 1.99. The Kier molecular flexibility index (Phi) is 2.17. The van der Waals surface area contributed by atoms with Crippen molar-refractivity contribution in [2.75, 3.05) is 13.1 Å². The fourth-order valence-electron chi connectivity index (χ4n) is 1.37. The zero-order valence-electron chi connectivity index (χ0n) is 7.33. The summed E-state index contributed by atoms with van der Waals surface area (Å²) >= 11 is 0. The topological polar surface area (TPSA) is 44.6 Å². The molecule has 1 aromatic carbocycles. The van der Waals surface area contributed by atoms with E-state index in [9.17, 15) is 0 Å². The van der Waals surface area contributed by atoms with Gasteiger partial charge in [0, 0.05) is 13.0 Å². The van der Waals surface area contributed by atoms with Crippen molar-refractivity contribution < 1.29 is 5.11 Å². The van der Waals surface area contributed by atoms with Crippen molar-refractivity contribution in [3.8, 4) is 5.75 Å². The molecule has 1 aliphatic heterocycles. The Hall–Kier alpha value is -1.51. The van der Waals surface area contributed by atoms with Gasteiger partial charge in [0.05, 0.1) is 6.54 Å². The molecule has 0 saturated heterocycles. The molecule has 0 fully saturated rings. The Balaban J connectivity index is 2.05. The Morgan fingerprint density at radius 2 is 2.08 bits per heavy atom. The minimum absolute atomic E-state index is 0.310. The van der Waals surface area contributed by atoms with E-state index in [2.05, 4.69) is 10.3 Å². The van der Waals surface area contributed by atoms with Crippen LogP contribution in [0.1, 0.15) is 5.56 Å². The number of benzene rings is 1. The summed E-state index contributed by atoms with van der Waals surface area (Å²) in [5, 5.41) is 12.3. The quantitative estimate of drug-likeness (QED) is 0.704. The minimum Gasteiger partial charge on any atom is -0.508 e. The van der Waals surface area contributed by atoms with Crippen LogP contribution in [0.25, 0.3) is 0 Å². The number of phenols is 1. The van der Waals surface area contributed by atoms with Crippen LogP contribution in [-0.4, -0.2) is 24.0 Å². The van der Waals surface area contributed by atoms with Crippen LogP contribution in [0.15, 0.2) is 29.3 Å². The molecule has 68 valence electrons. The van der Waals surface area contributed by atoms with Crippen molar-refractivity contribution in [3.63, 3.8) is 0 Å². The summed E-state index contributed by atoms with van der Waals surface area (Å²) in [6.45, 7) is 1.83. The molecular weight excluding hydrogens is 164 g/mol. The first kappa shape index (κ1) is 8.10. The maximum atomic E-state index is 9.07. The standard InChI is InChI=1S/C10H12N2O/c13-9-3-1-8(2-4-9)7-10-11-5-6-12-10/h1-4,13H,5-7H2,(H,11,12). The van der Waals surface area contributed by atoms with Gasteiger partial charge in [0.15, 0.2) is 0 Å². The molecule has 0 aromatic heterocycles. The van der Waals surface area contributed by atoms with E-state index < -0.39 is 0 Å². The molecule has 1 aromatic rings. The summed E-state index contributed by atoms with van der Waals surface area (Å²) in [5.41, 5.74) is 1.17. The molecule has 0 atom stereocenters. The highest BCUT2D eigenvalue weighted by Crippen LogP contribution is 2.10. The smallest absolute Gasteiger partial charge is 0.115 e. The van der Waals surface area contributed by atoms with Crippen LogP contribution >= 0.6 is 0 Å². The van der Waals surface area contributed by atoms with Gasteiger partial charge in [-0.2, -0.15) is 0 Å². The van der Waals surface area contributed by atoms with Crippen molar-refractivity contribution in [3.05, 3.63) is 29.8 Å². The van der Waals surface area contributed by atoms with E-state index in [1.807, 2.05) is 12.1 Å². The van der Waals surface area contributed by atoms with Crippen molar-refractivity contribution in [2.45, 2.75) is 6.42 Å². The Labute approximate surface area is 77.1 Å². The molecule has 3 heteroatoms. The van der Waals surface area contributed by atoms with Crippen LogP contribution < -0.4 is 5.32 Å². The van der Waals surface area contributed by atoms with Crippen LogP contribution in [0.2, 0.25) is 0 Å². The minimum atomic E-state index is 0.310. The SMILES string of the molecule is Oc1ccc(CC2=NCCN2)cc1. The van der Waals surface area contributed by atoms with Gasteiger partial charge in [-0.05, 0) is 17.7 Å². The molecule has 1 heterocycles. The van der Waals surface area contributed by atoms with E-state index >= 15 is 0 Å². The zero-order chi connectivity index (χ0) is 9.10. The molecular formula is C10H12N2O. The van der Waals surface area contributed by atoms with Gasteiger partial charge in [0.25, 0.3) is 0 Å². The second kappa shape index (κ2) is 3.47. The van der Waals surface area contributed by atoms with Gasteiger partial charge in [-0.1, -0.05) is 12.1 Å². The Morgan fingerprint density at radius 3 is 2.69 bits per heavy atom. The Bertz CT molecular complexity index is 316. The van der Waals surface area contributed by atoms with Crippen LogP contribution in [0.3, 0.4) is 0 Å². The molecule has 0 unspecified atom stereocenters. The summed E-state index contributed by atoms with van der Waals surface area (Å²) in [6, 6.07) is 7.23. The van der Waals surface area contributed by atoms with E-state index in [1.165, 1.54) is 5.56 Å². The molecule has 13 heavy (non-hydrogen) atoms. The van der Waals surface area contributed by atoms with Crippen molar-refractivity contribution in [1.82, 2.24) is 5.32 Å². The summed E-state index contributed by atoms with van der Waals surface area (Å²) < 4.78 is 0. The van der Waals surface area contributed by atoms with Crippen molar-refractivity contribution in [2.24, 2.45) is 4.99 Å². The highest BCUT2D eigenvalue weighted by molar-refractivity contribution is 5.85. The van der Waals surface area contributed by atoms with E-state index in [-0.39, 0.29) is 0 Å². The third-order valence-electron chi connectivity index (χ3n) is 2.05. The van der Waals surface area contributed by atoms with E-state index in [0.29, 0.717) is 5.75 Å². The maximum absolute atomic E-state index is 9.07. The van der Waals surface area contributed by atoms with E-state index in [0.717, 1.165) is 25.3 Å². The number of phenolic OH excluding ortho intramolecular Hbond substituents is 1. The summed E-state index contributed by atoms with van der Waals surface area (Å²) in [7, 11) is 0. The first-order valence-electron chi connectivity index (χ1n) is 4.40. The van der Waals surface area contributed by atoms with Gasteiger partial charge in [-0.15, -0.1) is 0 Å². The number of aliphatic imine (C=N–C) groups is 1. The number of hydrogen-bond donors (Lipinski definition) is 2.